The fraction of sp³-hybridized carbons (Fsp3) is 0.238. The van der Waals surface area contributed by atoms with E-state index in [0.29, 0.717) is 41.9 Å². The van der Waals surface area contributed by atoms with Gasteiger partial charge in [0.15, 0.2) is 0 Å². The van der Waals surface area contributed by atoms with Crippen LogP contribution in [0.15, 0.2) is 65.3 Å². The molecule has 4 rings (SSSR count). The van der Waals surface area contributed by atoms with Crippen LogP contribution in [0.3, 0.4) is 0 Å². The summed E-state index contributed by atoms with van der Waals surface area (Å²) in [5, 5.41) is 3.96. The van der Waals surface area contributed by atoms with Crippen molar-refractivity contribution in [1.82, 2.24) is 15.2 Å². The highest BCUT2D eigenvalue weighted by Gasteiger charge is 2.44. The van der Waals surface area contributed by atoms with E-state index in [2.05, 4.69) is 10.3 Å². The van der Waals surface area contributed by atoms with Gasteiger partial charge >= 0.3 is 0 Å². The zero-order chi connectivity index (χ0) is 19.4. The largest absolute Gasteiger partial charge is 0.489 e. The summed E-state index contributed by atoms with van der Waals surface area (Å²) in [7, 11) is 0. The van der Waals surface area contributed by atoms with Crippen LogP contribution < -0.4 is 10.1 Å². The molecule has 1 saturated heterocycles. The minimum atomic E-state index is -0.769. The summed E-state index contributed by atoms with van der Waals surface area (Å²) >= 11 is 6.32. The standard InChI is InChI=1S/C21H20ClN3O3.2ClH/c22-18-6-2-1-5-17(18)19-7-8-20(28-19)21(13-24-10-11-25(21)15-26)14-27-16-4-3-9-23-12-16;;/h1-9,12,15,24H,10-11,13-14H2;2*1H. The summed E-state index contributed by atoms with van der Waals surface area (Å²) in [6, 6.07) is 14.9. The number of aromatic nitrogens is 1. The van der Waals surface area contributed by atoms with Crippen LogP contribution in [-0.4, -0.2) is 42.5 Å². The van der Waals surface area contributed by atoms with Gasteiger partial charge in [-0.25, -0.2) is 0 Å². The maximum Gasteiger partial charge on any atom is 0.210 e. The van der Waals surface area contributed by atoms with Crippen molar-refractivity contribution >= 4 is 42.8 Å². The number of rotatable bonds is 6. The average Bonchev–Trinajstić information content (AvgIpc) is 3.24. The average molecular weight is 471 g/mol. The van der Waals surface area contributed by atoms with Crippen LogP contribution in [0.1, 0.15) is 5.76 Å². The summed E-state index contributed by atoms with van der Waals surface area (Å²) in [5.41, 5.74) is 0.0372. The van der Waals surface area contributed by atoms with Crippen LogP contribution in [0.5, 0.6) is 5.75 Å². The molecule has 0 aliphatic carbocycles. The highest BCUT2D eigenvalue weighted by atomic mass is 35.5. The molecule has 1 aromatic carbocycles. The molecule has 0 spiro atoms. The van der Waals surface area contributed by atoms with Gasteiger partial charge in [0.1, 0.15) is 29.4 Å². The first-order valence-electron chi connectivity index (χ1n) is 9.04. The number of pyridine rings is 1. The number of carbonyl (C=O) groups is 1. The fourth-order valence-electron chi connectivity index (χ4n) is 3.43. The molecule has 1 N–H and O–H groups in total. The highest BCUT2D eigenvalue weighted by Crippen LogP contribution is 2.36. The lowest BCUT2D eigenvalue weighted by molar-refractivity contribution is -0.128. The van der Waals surface area contributed by atoms with Crippen molar-refractivity contribution < 1.29 is 13.9 Å². The lowest BCUT2D eigenvalue weighted by Crippen LogP contribution is -2.61. The predicted molar refractivity (Wildman–Crippen MR) is 121 cm³/mol. The predicted octanol–water partition coefficient (Wildman–Crippen LogP) is 4.17. The summed E-state index contributed by atoms with van der Waals surface area (Å²) in [4.78, 5) is 17.7. The van der Waals surface area contributed by atoms with E-state index in [1.807, 2.05) is 42.5 Å². The molecule has 2 aromatic heterocycles. The molecule has 1 fully saturated rings. The Morgan fingerprint density at radius 1 is 1.20 bits per heavy atom. The van der Waals surface area contributed by atoms with E-state index in [4.69, 9.17) is 20.8 Å². The Hall–Kier alpha value is -2.25. The molecule has 1 atom stereocenters. The Labute approximate surface area is 192 Å². The van der Waals surface area contributed by atoms with Crippen molar-refractivity contribution in [1.29, 1.82) is 0 Å². The van der Waals surface area contributed by atoms with E-state index >= 15 is 0 Å². The van der Waals surface area contributed by atoms with E-state index in [1.165, 1.54) is 0 Å². The number of halogens is 3. The van der Waals surface area contributed by atoms with Gasteiger partial charge in [0, 0.05) is 31.4 Å². The summed E-state index contributed by atoms with van der Waals surface area (Å²) in [5.74, 6) is 1.93. The number of furan rings is 1. The first kappa shape index (κ1) is 24.0. The molecule has 1 unspecified atom stereocenters. The van der Waals surface area contributed by atoms with Crippen LogP contribution in [-0.2, 0) is 10.3 Å². The number of carbonyl (C=O) groups excluding carboxylic acids is 1. The molecule has 1 aliphatic heterocycles. The fourth-order valence-corrected chi connectivity index (χ4v) is 3.66. The molecule has 3 aromatic rings. The van der Waals surface area contributed by atoms with Gasteiger partial charge in [0.05, 0.1) is 11.2 Å². The van der Waals surface area contributed by atoms with E-state index in [0.717, 1.165) is 12.0 Å². The Morgan fingerprint density at radius 3 is 2.77 bits per heavy atom. The van der Waals surface area contributed by atoms with Gasteiger partial charge in [0.2, 0.25) is 6.41 Å². The van der Waals surface area contributed by atoms with Crippen molar-refractivity contribution in [3.05, 3.63) is 71.7 Å². The summed E-state index contributed by atoms with van der Waals surface area (Å²) in [6.45, 7) is 2.02. The van der Waals surface area contributed by atoms with Crippen LogP contribution >= 0.6 is 36.4 Å². The van der Waals surface area contributed by atoms with Gasteiger partial charge in [-0.3, -0.25) is 9.78 Å². The van der Waals surface area contributed by atoms with E-state index in [9.17, 15) is 4.79 Å². The van der Waals surface area contributed by atoms with E-state index in [-0.39, 0.29) is 31.4 Å². The number of benzene rings is 1. The van der Waals surface area contributed by atoms with Gasteiger partial charge in [-0.2, -0.15) is 0 Å². The van der Waals surface area contributed by atoms with Crippen molar-refractivity contribution in [2.75, 3.05) is 26.2 Å². The van der Waals surface area contributed by atoms with Crippen LogP contribution in [0.25, 0.3) is 11.3 Å². The molecule has 9 heteroatoms. The van der Waals surface area contributed by atoms with Crippen LogP contribution in [0.4, 0.5) is 0 Å². The molecule has 0 saturated carbocycles. The number of nitrogens with one attached hydrogen (secondary N) is 1. The number of hydrogen-bond donors (Lipinski definition) is 1. The Balaban J connectivity index is 0.00000160. The maximum atomic E-state index is 11.9. The molecular formula is C21H22Cl3N3O3. The zero-order valence-corrected chi connectivity index (χ0v) is 18.4. The second-order valence-corrected chi connectivity index (χ2v) is 7.04. The number of amides is 1. The molecule has 1 amide bonds. The zero-order valence-electron chi connectivity index (χ0n) is 16.0. The highest BCUT2D eigenvalue weighted by molar-refractivity contribution is 6.33. The van der Waals surface area contributed by atoms with Crippen molar-refractivity contribution in [2.45, 2.75) is 5.54 Å². The SMILES string of the molecule is Cl.Cl.O=CN1CCNCC1(COc1cccnc1)c1ccc(-c2ccccc2Cl)o1. The maximum absolute atomic E-state index is 11.9. The lowest BCUT2D eigenvalue weighted by atomic mass is 9.93. The van der Waals surface area contributed by atoms with Gasteiger partial charge in [-0.05, 0) is 36.4 Å². The first-order valence-corrected chi connectivity index (χ1v) is 9.41. The Morgan fingerprint density at radius 2 is 2.03 bits per heavy atom. The number of ether oxygens (including phenoxy) is 1. The molecule has 1 aliphatic rings. The van der Waals surface area contributed by atoms with Crippen LogP contribution in [0.2, 0.25) is 5.02 Å². The van der Waals surface area contributed by atoms with Gasteiger partial charge < -0.3 is 19.4 Å². The van der Waals surface area contributed by atoms with E-state index in [1.54, 1.807) is 23.4 Å². The number of hydrogen-bond acceptors (Lipinski definition) is 5. The summed E-state index contributed by atoms with van der Waals surface area (Å²) < 4.78 is 12.2. The topological polar surface area (TPSA) is 67.6 Å². The second kappa shape index (κ2) is 10.7. The van der Waals surface area contributed by atoms with Crippen molar-refractivity contribution in [3.63, 3.8) is 0 Å². The molecule has 3 heterocycles. The second-order valence-electron chi connectivity index (χ2n) is 6.63. The number of nitrogens with zero attached hydrogens (tertiary/aromatic N) is 2. The van der Waals surface area contributed by atoms with E-state index < -0.39 is 5.54 Å². The van der Waals surface area contributed by atoms with Crippen molar-refractivity contribution in [2.24, 2.45) is 0 Å². The molecule has 0 radical (unpaired) electrons. The number of piperazine rings is 1. The van der Waals surface area contributed by atoms with Gasteiger partial charge in [-0.15, -0.1) is 24.8 Å². The first-order chi connectivity index (χ1) is 13.7. The summed E-state index contributed by atoms with van der Waals surface area (Å²) in [6.07, 6.45) is 4.18. The third-order valence-electron chi connectivity index (χ3n) is 4.94. The van der Waals surface area contributed by atoms with Crippen LogP contribution in [0, 0.1) is 0 Å². The van der Waals surface area contributed by atoms with Gasteiger partial charge in [0.25, 0.3) is 0 Å². The monoisotopic (exact) mass is 469 g/mol. The third-order valence-corrected chi connectivity index (χ3v) is 5.27. The molecule has 30 heavy (non-hydrogen) atoms. The minimum Gasteiger partial charge on any atom is -0.489 e. The van der Waals surface area contributed by atoms with Crippen molar-refractivity contribution in [3.8, 4) is 17.1 Å². The quantitative estimate of drug-likeness (QED) is 0.548. The minimum absolute atomic E-state index is 0. The van der Waals surface area contributed by atoms with Gasteiger partial charge in [-0.1, -0.05) is 23.7 Å². The molecule has 6 nitrogen and oxygen atoms in total. The molecular weight excluding hydrogens is 449 g/mol. The normalized spacial score (nSPS) is 18.1. The molecule has 160 valence electrons. The molecule has 0 bridgehead atoms. The Bertz CT molecular complexity index is 955. The lowest BCUT2D eigenvalue weighted by Gasteiger charge is -2.43. The third kappa shape index (κ3) is 4.73. The Kier molecular flexibility index (Phi) is 8.55. The smallest absolute Gasteiger partial charge is 0.210 e.